The van der Waals surface area contributed by atoms with Gasteiger partial charge in [0.15, 0.2) is 5.44 Å². The van der Waals surface area contributed by atoms with Gasteiger partial charge in [-0.3, -0.25) is 0 Å². The van der Waals surface area contributed by atoms with Crippen molar-refractivity contribution in [3.8, 4) is 5.75 Å². The van der Waals surface area contributed by atoms with Crippen molar-refractivity contribution in [1.82, 2.24) is 0 Å². The Balaban J connectivity index is 2.13. The molecule has 82 valence electrons. The summed E-state index contributed by atoms with van der Waals surface area (Å²) in [5, 5.41) is 0. The number of hydrogen-bond acceptors (Lipinski definition) is 2. The first-order chi connectivity index (χ1) is 7.90. The molecule has 0 saturated heterocycles. The number of hydrogen-bond donors (Lipinski definition) is 0. The van der Waals surface area contributed by atoms with Gasteiger partial charge >= 0.3 is 0 Å². The summed E-state index contributed by atoms with van der Waals surface area (Å²) >= 11 is 1.70. The van der Waals surface area contributed by atoms with Gasteiger partial charge in [-0.15, -0.1) is 11.8 Å². The number of para-hydroxylation sites is 1. The molecule has 0 aromatic heterocycles. The molecular weight excluding hydrogens is 216 g/mol. The zero-order chi connectivity index (χ0) is 11.2. The molecule has 0 radical (unpaired) electrons. The Morgan fingerprint density at radius 3 is 2.00 bits per heavy atom. The quantitative estimate of drug-likeness (QED) is 0.730. The predicted octanol–water partition coefficient (Wildman–Crippen LogP) is 4.13. The average molecular weight is 230 g/mol. The molecule has 0 aliphatic rings. The first-order valence-corrected chi connectivity index (χ1v) is 6.48. The third kappa shape index (κ3) is 2.80. The molecule has 1 nitrogen and oxygen atoms in total. The van der Waals surface area contributed by atoms with Crippen LogP contribution in [0.15, 0.2) is 60.7 Å². The Kier molecular flexibility index (Phi) is 3.89. The van der Waals surface area contributed by atoms with Crippen LogP contribution in [-0.4, -0.2) is 6.26 Å². The summed E-state index contributed by atoms with van der Waals surface area (Å²) in [4.78, 5) is 0. The summed E-state index contributed by atoms with van der Waals surface area (Å²) in [5.41, 5.74) is 1.25. The van der Waals surface area contributed by atoms with E-state index in [-0.39, 0.29) is 5.44 Å². The molecule has 2 aromatic rings. The molecule has 0 heterocycles. The van der Waals surface area contributed by atoms with Crippen molar-refractivity contribution in [2.45, 2.75) is 5.44 Å². The maximum Gasteiger partial charge on any atom is 0.169 e. The fourth-order valence-electron chi connectivity index (χ4n) is 1.49. The normalized spacial score (nSPS) is 12.1. The van der Waals surface area contributed by atoms with Crippen molar-refractivity contribution in [3.63, 3.8) is 0 Å². The lowest BCUT2D eigenvalue weighted by atomic mass is 10.2. The molecule has 2 aromatic carbocycles. The molecule has 0 saturated carbocycles. The molecule has 0 spiro atoms. The molecule has 1 atom stereocenters. The second kappa shape index (κ2) is 5.61. The summed E-state index contributed by atoms with van der Waals surface area (Å²) in [6, 6.07) is 20.2. The highest BCUT2D eigenvalue weighted by Gasteiger charge is 2.10. The van der Waals surface area contributed by atoms with E-state index < -0.39 is 0 Å². The van der Waals surface area contributed by atoms with Crippen molar-refractivity contribution in [2.24, 2.45) is 0 Å². The van der Waals surface area contributed by atoms with E-state index in [0.717, 1.165) is 5.75 Å². The first-order valence-electron chi connectivity index (χ1n) is 5.19. The smallest absolute Gasteiger partial charge is 0.169 e. The largest absolute Gasteiger partial charge is 0.475 e. The molecule has 0 aliphatic carbocycles. The maximum atomic E-state index is 5.91. The first kappa shape index (κ1) is 11.1. The minimum atomic E-state index is 0.0589. The van der Waals surface area contributed by atoms with Gasteiger partial charge in [0, 0.05) is 5.56 Å². The molecule has 2 rings (SSSR count). The van der Waals surface area contributed by atoms with Crippen molar-refractivity contribution in [2.75, 3.05) is 6.26 Å². The Morgan fingerprint density at radius 2 is 1.44 bits per heavy atom. The molecule has 0 N–H and O–H groups in total. The Bertz CT molecular complexity index is 413. The van der Waals surface area contributed by atoms with E-state index in [1.165, 1.54) is 5.56 Å². The zero-order valence-electron chi connectivity index (χ0n) is 9.17. The second-order valence-corrected chi connectivity index (χ2v) is 4.31. The monoisotopic (exact) mass is 230 g/mol. The van der Waals surface area contributed by atoms with Gasteiger partial charge in [-0.2, -0.15) is 0 Å². The van der Waals surface area contributed by atoms with Crippen molar-refractivity contribution >= 4 is 11.8 Å². The molecular formula is C14H14OS. The van der Waals surface area contributed by atoms with E-state index in [2.05, 4.69) is 18.4 Å². The number of rotatable bonds is 4. The van der Waals surface area contributed by atoms with Crippen molar-refractivity contribution in [3.05, 3.63) is 66.2 Å². The molecule has 2 heteroatoms. The molecule has 0 bridgehead atoms. The summed E-state index contributed by atoms with van der Waals surface area (Å²) < 4.78 is 5.91. The van der Waals surface area contributed by atoms with Gasteiger partial charge in [0.05, 0.1) is 0 Å². The standard InChI is InChI=1S/C14H14OS/c1-16-14(12-8-4-2-5-9-12)15-13-10-6-3-7-11-13/h2-11,14H,1H3. The SMILES string of the molecule is CSC(Oc1ccccc1)c1ccccc1. The van der Waals surface area contributed by atoms with Crippen molar-refractivity contribution in [1.29, 1.82) is 0 Å². The van der Waals surface area contributed by atoms with E-state index >= 15 is 0 Å². The molecule has 0 aliphatic heterocycles. The summed E-state index contributed by atoms with van der Waals surface area (Å²) in [6.45, 7) is 0. The molecule has 0 fully saturated rings. The van der Waals surface area contributed by atoms with Crippen LogP contribution in [0.25, 0.3) is 0 Å². The number of ether oxygens (including phenoxy) is 1. The zero-order valence-corrected chi connectivity index (χ0v) is 9.98. The average Bonchev–Trinajstić information content (AvgIpc) is 2.38. The fraction of sp³-hybridized carbons (Fsp3) is 0.143. The van der Waals surface area contributed by atoms with Crippen molar-refractivity contribution < 1.29 is 4.74 Å². The minimum Gasteiger partial charge on any atom is -0.475 e. The van der Waals surface area contributed by atoms with Crippen LogP contribution >= 0.6 is 11.8 Å². The van der Waals surface area contributed by atoms with Crippen LogP contribution in [0.4, 0.5) is 0 Å². The summed E-state index contributed by atoms with van der Waals surface area (Å²) in [5.74, 6) is 0.908. The van der Waals surface area contributed by atoms with E-state index in [0.29, 0.717) is 0 Å². The van der Waals surface area contributed by atoms with Gasteiger partial charge in [0.25, 0.3) is 0 Å². The molecule has 16 heavy (non-hydrogen) atoms. The topological polar surface area (TPSA) is 9.23 Å². The second-order valence-electron chi connectivity index (χ2n) is 3.41. The van der Waals surface area contributed by atoms with Crippen LogP contribution in [0.1, 0.15) is 11.0 Å². The lowest BCUT2D eigenvalue weighted by Crippen LogP contribution is -2.02. The van der Waals surface area contributed by atoms with Gasteiger partial charge in [-0.05, 0) is 18.4 Å². The predicted molar refractivity (Wildman–Crippen MR) is 69.8 cm³/mol. The van der Waals surface area contributed by atoms with E-state index in [1.807, 2.05) is 48.5 Å². The highest BCUT2D eigenvalue weighted by Crippen LogP contribution is 2.29. The van der Waals surface area contributed by atoms with Gasteiger partial charge in [0.1, 0.15) is 5.75 Å². The van der Waals surface area contributed by atoms with E-state index in [9.17, 15) is 0 Å². The molecule has 0 amide bonds. The van der Waals surface area contributed by atoms with Crippen LogP contribution in [0.5, 0.6) is 5.75 Å². The van der Waals surface area contributed by atoms with Gasteiger partial charge in [0.2, 0.25) is 0 Å². The highest BCUT2D eigenvalue weighted by atomic mass is 32.2. The highest BCUT2D eigenvalue weighted by molar-refractivity contribution is 7.98. The third-order valence-electron chi connectivity index (χ3n) is 2.27. The van der Waals surface area contributed by atoms with E-state index in [1.54, 1.807) is 11.8 Å². The lowest BCUT2D eigenvalue weighted by molar-refractivity contribution is 0.295. The summed E-state index contributed by atoms with van der Waals surface area (Å²) in [6.07, 6.45) is 2.06. The third-order valence-corrected chi connectivity index (χ3v) is 3.07. The maximum absolute atomic E-state index is 5.91. The van der Waals surface area contributed by atoms with Crippen LogP contribution in [0, 0.1) is 0 Å². The van der Waals surface area contributed by atoms with Gasteiger partial charge < -0.3 is 4.74 Å². The van der Waals surface area contributed by atoms with Crippen LogP contribution in [-0.2, 0) is 0 Å². The van der Waals surface area contributed by atoms with E-state index in [4.69, 9.17) is 4.74 Å². The molecule has 1 unspecified atom stereocenters. The van der Waals surface area contributed by atoms with Crippen LogP contribution in [0.3, 0.4) is 0 Å². The number of thioether (sulfide) groups is 1. The summed E-state index contributed by atoms with van der Waals surface area (Å²) in [7, 11) is 0. The van der Waals surface area contributed by atoms with Gasteiger partial charge in [-0.1, -0.05) is 48.5 Å². The minimum absolute atomic E-state index is 0.0589. The van der Waals surface area contributed by atoms with Crippen LogP contribution in [0.2, 0.25) is 0 Å². The number of benzene rings is 2. The van der Waals surface area contributed by atoms with Gasteiger partial charge in [-0.25, -0.2) is 0 Å². The fourth-order valence-corrected chi connectivity index (χ4v) is 2.12. The Labute approximate surface area is 100 Å². The Hall–Kier alpha value is -1.41. The lowest BCUT2D eigenvalue weighted by Gasteiger charge is -2.17. The Morgan fingerprint density at radius 1 is 0.875 bits per heavy atom. The van der Waals surface area contributed by atoms with Crippen LogP contribution < -0.4 is 4.74 Å².